The summed E-state index contributed by atoms with van der Waals surface area (Å²) in [5.74, 6) is 2.15. The molecule has 1 aliphatic heterocycles. The largest absolute Gasteiger partial charge is 0.493 e. The third-order valence-corrected chi connectivity index (χ3v) is 8.60. The van der Waals surface area contributed by atoms with Crippen LogP contribution in [0.2, 0.25) is 0 Å². The Labute approximate surface area is 272 Å². The highest BCUT2D eigenvalue weighted by Gasteiger charge is 2.34. The zero-order valence-electron chi connectivity index (χ0n) is 26.9. The van der Waals surface area contributed by atoms with E-state index in [1.165, 1.54) is 11.3 Å². The Kier molecular flexibility index (Phi) is 10.3. The van der Waals surface area contributed by atoms with Gasteiger partial charge in [0.25, 0.3) is 5.56 Å². The minimum Gasteiger partial charge on any atom is -0.493 e. The summed E-state index contributed by atoms with van der Waals surface area (Å²) in [4.78, 5) is 33.1. The molecule has 240 valence electrons. The Hall–Kier alpha value is -4.83. The predicted octanol–water partition coefficient (Wildman–Crippen LogP) is 5.43. The van der Waals surface area contributed by atoms with E-state index in [0.29, 0.717) is 56.1 Å². The van der Waals surface area contributed by atoms with E-state index in [1.807, 2.05) is 54.6 Å². The minimum absolute atomic E-state index is 0.0822. The summed E-state index contributed by atoms with van der Waals surface area (Å²) in [7, 11) is 4.70. The Bertz CT molecular complexity index is 1930. The van der Waals surface area contributed by atoms with Crippen LogP contribution in [0, 0.1) is 5.92 Å². The molecule has 5 rings (SSSR count). The highest BCUT2D eigenvalue weighted by atomic mass is 32.1. The molecule has 0 spiro atoms. The van der Waals surface area contributed by atoms with Crippen LogP contribution in [0.1, 0.15) is 49.9 Å². The average Bonchev–Trinajstić information content (AvgIpc) is 3.36. The van der Waals surface area contributed by atoms with Crippen molar-refractivity contribution in [1.29, 1.82) is 0 Å². The van der Waals surface area contributed by atoms with Crippen molar-refractivity contribution in [3.8, 4) is 23.0 Å². The van der Waals surface area contributed by atoms with Crippen LogP contribution in [0.5, 0.6) is 23.0 Å². The second-order valence-electron chi connectivity index (χ2n) is 11.2. The maximum absolute atomic E-state index is 14.2. The molecule has 0 amide bonds. The molecule has 1 atom stereocenters. The number of ether oxygens (including phenoxy) is 5. The van der Waals surface area contributed by atoms with Gasteiger partial charge in [-0.2, -0.15) is 0 Å². The van der Waals surface area contributed by atoms with Gasteiger partial charge in [-0.05, 0) is 66.3 Å². The van der Waals surface area contributed by atoms with Gasteiger partial charge >= 0.3 is 5.97 Å². The number of methoxy groups -OCH3 is 3. The zero-order valence-corrected chi connectivity index (χ0v) is 27.7. The minimum atomic E-state index is -0.814. The van der Waals surface area contributed by atoms with E-state index in [-0.39, 0.29) is 17.7 Å². The quantitative estimate of drug-likeness (QED) is 0.190. The van der Waals surface area contributed by atoms with Gasteiger partial charge < -0.3 is 23.7 Å². The van der Waals surface area contributed by atoms with Gasteiger partial charge in [0.1, 0.15) is 6.61 Å². The molecule has 0 bridgehead atoms. The molecule has 0 aliphatic carbocycles. The first-order valence-electron chi connectivity index (χ1n) is 15.0. The van der Waals surface area contributed by atoms with Gasteiger partial charge in [0, 0.05) is 0 Å². The van der Waals surface area contributed by atoms with E-state index in [1.54, 1.807) is 51.0 Å². The molecular weight excluding hydrogens is 604 g/mol. The molecule has 2 heterocycles. The van der Waals surface area contributed by atoms with Gasteiger partial charge in [-0.1, -0.05) is 67.6 Å². The summed E-state index contributed by atoms with van der Waals surface area (Å²) in [6.07, 6.45) is 2.67. The Balaban J connectivity index is 1.61. The number of hydrogen-bond acceptors (Lipinski definition) is 9. The van der Waals surface area contributed by atoms with Crippen LogP contribution in [-0.2, 0) is 16.1 Å². The monoisotopic (exact) mass is 642 g/mol. The number of carbonyl (C=O) groups excluding carboxylic acids is 1. The SMILES string of the molecule is COc1ccc(/C=c2\sc3n(c2=O)C(c2ccc(OCCC(C)C)c(OC)c2)C(C(=O)OCc2ccccc2)=C(C)N=3)cc1OC. The lowest BCUT2D eigenvalue weighted by molar-refractivity contribution is -0.140. The average molecular weight is 643 g/mol. The number of thiazole rings is 1. The van der Waals surface area contributed by atoms with E-state index in [2.05, 4.69) is 13.8 Å². The van der Waals surface area contributed by atoms with E-state index in [9.17, 15) is 9.59 Å². The van der Waals surface area contributed by atoms with Gasteiger partial charge in [0.05, 0.1) is 49.8 Å². The van der Waals surface area contributed by atoms with Crippen molar-refractivity contribution >= 4 is 23.4 Å². The molecule has 0 fully saturated rings. The van der Waals surface area contributed by atoms with Crippen molar-refractivity contribution < 1.29 is 28.5 Å². The highest BCUT2D eigenvalue weighted by Crippen LogP contribution is 2.36. The first kappa shape index (κ1) is 32.6. The fourth-order valence-corrected chi connectivity index (χ4v) is 6.22. The molecule has 46 heavy (non-hydrogen) atoms. The molecule has 4 aromatic rings. The maximum Gasteiger partial charge on any atom is 0.338 e. The van der Waals surface area contributed by atoms with Gasteiger partial charge in [0.15, 0.2) is 27.8 Å². The molecular formula is C36H38N2O7S. The van der Waals surface area contributed by atoms with Crippen molar-refractivity contribution in [2.75, 3.05) is 27.9 Å². The van der Waals surface area contributed by atoms with Crippen LogP contribution in [0.15, 0.2) is 87.8 Å². The molecule has 10 heteroatoms. The Morgan fingerprint density at radius 2 is 1.63 bits per heavy atom. The van der Waals surface area contributed by atoms with Crippen molar-refractivity contribution in [2.45, 2.75) is 39.8 Å². The summed E-state index contributed by atoms with van der Waals surface area (Å²) < 4.78 is 30.3. The van der Waals surface area contributed by atoms with Crippen LogP contribution < -0.4 is 33.8 Å². The molecule has 1 aromatic heterocycles. The van der Waals surface area contributed by atoms with Gasteiger partial charge in [-0.3, -0.25) is 9.36 Å². The number of fused-ring (bicyclic) bond motifs is 1. The number of esters is 1. The molecule has 1 aliphatic rings. The maximum atomic E-state index is 14.2. The number of rotatable bonds is 12. The van der Waals surface area contributed by atoms with Crippen LogP contribution in [-0.4, -0.2) is 38.5 Å². The van der Waals surface area contributed by atoms with Crippen molar-refractivity contribution in [2.24, 2.45) is 10.9 Å². The lowest BCUT2D eigenvalue weighted by atomic mass is 9.95. The van der Waals surface area contributed by atoms with Crippen LogP contribution in [0.4, 0.5) is 0 Å². The summed E-state index contributed by atoms with van der Waals surface area (Å²) in [5.41, 5.74) is 2.72. The molecule has 9 nitrogen and oxygen atoms in total. The summed E-state index contributed by atoms with van der Waals surface area (Å²) in [5, 5.41) is 0. The normalized spacial score (nSPS) is 14.5. The van der Waals surface area contributed by atoms with E-state index < -0.39 is 12.0 Å². The number of hydrogen-bond donors (Lipinski definition) is 0. The van der Waals surface area contributed by atoms with Crippen LogP contribution in [0.25, 0.3) is 6.08 Å². The number of aromatic nitrogens is 1. The molecule has 0 N–H and O–H groups in total. The summed E-state index contributed by atoms with van der Waals surface area (Å²) in [6.45, 7) is 6.65. The molecule has 0 radical (unpaired) electrons. The summed E-state index contributed by atoms with van der Waals surface area (Å²) in [6, 6.07) is 19.5. The lowest BCUT2D eigenvalue weighted by Crippen LogP contribution is -2.39. The number of nitrogens with zero attached hydrogens (tertiary/aromatic N) is 2. The van der Waals surface area contributed by atoms with Gasteiger partial charge in [-0.25, -0.2) is 9.79 Å². The van der Waals surface area contributed by atoms with Crippen LogP contribution in [0.3, 0.4) is 0 Å². The van der Waals surface area contributed by atoms with E-state index in [0.717, 1.165) is 17.5 Å². The predicted molar refractivity (Wildman–Crippen MR) is 177 cm³/mol. The molecule has 3 aromatic carbocycles. The second-order valence-corrected chi connectivity index (χ2v) is 12.2. The number of allylic oxidation sites excluding steroid dienone is 1. The first-order valence-corrected chi connectivity index (χ1v) is 15.8. The lowest BCUT2D eigenvalue weighted by Gasteiger charge is -2.25. The Morgan fingerprint density at radius 3 is 2.33 bits per heavy atom. The summed E-state index contributed by atoms with van der Waals surface area (Å²) >= 11 is 1.25. The fraction of sp³-hybridized carbons (Fsp3) is 0.306. The van der Waals surface area contributed by atoms with Gasteiger partial charge in [0.2, 0.25) is 0 Å². The smallest absolute Gasteiger partial charge is 0.338 e. The topological polar surface area (TPSA) is 97.6 Å². The van der Waals surface area contributed by atoms with E-state index >= 15 is 0 Å². The second kappa shape index (κ2) is 14.5. The number of carbonyl (C=O) groups is 1. The van der Waals surface area contributed by atoms with Crippen LogP contribution >= 0.6 is 11.3 Å². The van der Waals surface area contributed by atoms with Crippen molar-refractivity contribution in [3.63, 3.8) is 0 Å². The molecule has 0 saturated heterocycles. The van der Waals surface area contributed by atoms with Crippen molar-refractivity contribution in [3.05, 3.63) is 114 Å². The van der Waals surface area contributed by atoms with Crippen molar-refractivity contribution in [1.82, 2.24) is 4.57 Å². The third-order valence-electron chi connectivity index (χ3n) is 7.62. The molecule has 1 unspecified atom stereocenters. The standard InChI is InChI=1S/C36H38N2O7S/c1-22(2)16-17-44-28-15-13-26(20-30(28)43-6)33-32(35(40)45-21-24-10-8-7-9-11-24)23(3)37-36-38(33)34(39)31(46-36)19-25-12-14-27(41-4)29(18-25)42-5/h7-15,18-20,22,33H,16-17,21H2,1-6H3/b31-19-. The zero-order chi connectivity index (χ0) is 32.8. The third kappa shape index (κ3) is 7.02. The van der Waals surface area contributed by atoms with E-state index in [4.69, 9.17) is 28.7 Å². The Morgan fingerprint density at radius 1 is 0.935 bits per heavy atom. The number of benzene rings is 3. The fourth-order valence-electron chi connectivity index (χ4n) is 5.17. The first-order chi connectivity index (χ1) is 22.2. The van der Waals surface area contributed by atoms with Gasteiger partial charge in [-0.15, -0.1) is 0 Å². The highest BCUT2D eigenvalue weighted by molar-refractivity contribution is 7.07. The molecule has 0 saturated carbocycles.